The Labute approximate surface area is 105 Å². The third kappa shape index (κ3) is 2.80. The molecular weight excluding hydrogens is 208 g/mol. The molecule has 0 radical (unpaired) electrons. The number of pyridine rings is 1. The highest BCUT2D eigenvalue weighted by atomic mass is 15.0. The van der Waals surface area contributed by atoms with Crippen LogP contribution in [0.15, 0.2) is 12.1 Å². The van der Waals surface area contributed by atoms with E-state index in [1.54, 1.807) is 0 Å². The Morgan fingerprint density at radius 3 is 2.65 bits per heavy atom. The third-order valence-corrected chi connectivity index (χ3v) is 4.06. The second kappa shape index (κ2) is 4.67. The predicted octanol–water partition coefficient (Wildman–Crippen LogP) is 4.08. The van der Waals surface area contributed by atoms with Crippen molar-refractivity contribution in [2.24, 2.45) is 5.41 Å². The van der Waals surface area contributed by atoms with Gasteiger partial charge in [-0.1, -0.05) is 26.7 Å². The monoisotopic (exact) mass is 232 g/mol. The van der Waals surface area contributed by atoms with Gasteiger partial charge in [-0.25, -0.2) is 0 Å². The van der Waals surface area contributed by atoms with E-state index in [9.17, 15) is 0 Å². The van der Waals surface area contributed by atoms with Crippen LogP contribution in [-0.4, -0.2) is 11.0 Å². The van der Waals surface area contributed by atoms with E-state index < -0.39 is 0 Å². The number of aryl methyl sites for hydroxylation is 2. The van der Waals surface area contributed by atoms with Gasteiger partial charge in [-0.05, 0) is 44.2 Å². The van der Waals surface area contributed by atoms with Crippen molar-refractivity contribution in [1.29, 1.82) is 0 Å². The molecule has 1 aromatic heterocycles. The van der Waals surface area contributed by atoms with Gasteiger partial charge < -0.3 is 5.32 Å². The van der Waals surface area contributed by atoms with Crippen LogP contribution in [0.1, 0.15) is 50.9 Å². The lowest BCUT2D eigenvalue weighted by Crippen LogP contribution is -2.39. The van der Waals surface area contributed by atoms with Gasteiger partial charge in [0.2, 0.25) is 0 Å². The lowest BCUT2D eigenvalue weighted by atomic mass is 9.73. The SMILES string of the molecule is Cc1ccc(NC2CCCCC2(C)C)c(C)n1. The van der Waals surface area contributed by atoms with E-state index in [1.165, 1.54) is 31.4 Å². The summed E-state index contributed by atoms with van der Waals surface area (Å²) >= 11 is 0. The summed E-state index contributed by atoms with van der Waals surface area (Å²) in [5, 5.41) is 3.70. The van der Waals surface area contributed by atoms with Crippen molar-refractivity contribution in [2.75, 3.05) is 5.32 Å². The van der Waals surface area contributed by atoms with Crippen molar-refractivity contribution < 1.29 is 0 Å². The fraction of sp³-hybridized carbons (Fsp3) is 0.667. The average molecular weight is 232 g/mol. The summed E-state index contributed by atoms with van der Waals surface area (Å²) in [4.78, 5) is 4.52. The van der Waals surface area contributed by atoms with Crippen molar-refractivity contribution in [2.45, 2.75) is 59.4 Å². The minimum Gasteiger partial charge on any atom is -0.380 e. The topological polar surface area (TPSA) is 24.9 Å². The average Bonchev–Trinajstić information content (AvgIpc) is 2.24. The van der Waals surface area contributed by atoms with E-state index in [0.29, 0.717) is 11.5 Å². The summed E-state index contributed by atoms with van der Waals surface area (Å²) in [6, 6.07) is 4.84. The molecule has 94 valence electrons. The van der Waals surface area contributed by atoms with Crippen LogP contribution in [-0.2, 0) is 0 Å². The summed E-state index contributed by atoms with van der Waals surface area (Å²) in [5.41, 5.74) is 3.81. The van der Waals surface area contributed by atoms with Crippen LogP contribution < -0.4 is 5.32 Å². The molecule has 1 aliphatic carbocycles. The molecule has 1 atom stereocenters. The van der Waals surface area contributed by atoms with Crippen LogP contribution >= 0.6 is 0 Å². The predicted molar refractivity (Wildman–Crippen MR) is 73.4 cm³/mol. The molecular formula is C15H24N2. The Morgan fingerprint density at radius 2 is 2.00 bits per heavy atom. The van der Waals surface area contributed by atoms with Gasteiger partial charge in [0.15, 0.2) is 0 Å². The molecule has 1 aromatic rings. The lowest BCUT2D eigenvalue weighted by Gasteiger charge is -2.39. The second-order valence-corrected chi connectivity index (χ2v) is 6.02. The maximum atomic E-state index is 4.52. The van der Waals surface area contributed by atoms with E-state index >= 15 is 0 Å². The first-order chi connectivity index (χ1) is 7.99. The van der Waals surface area contributed by atoms with Crippen LogP contribution in [0, 0.1) is 19.3 Å². The highest BCUT2D eigenvalue weighted by molar-refractivity contribution is 5.48. The Hall–Kier alpha value is -1.05. The Balaban J connectivity index is 2.14. The van der Waals surface area contributed by atoms with E-state index in [4.69, 9.17) is 0 Å². The van der Waals surface area contributed by atoms with E-state index in [2.05, 4.69) is 43.2 Å². The molecule has 2 heteroatoms. The van der Waals surface area contributed by atoms with Gasteiger partial charge in [-0.3, -0.25) is 4.98 Å². The number of hydrogen-bond acceptors (Lipinski definition) is 2. The Kier molecular flexibility index (Phi) is 3.41. The van der Waals surface area contributed by atoms with Crippen molar-refractivity contribution in [1.82, 2.24) is 4.98 Å². The summed E-state index contributed by atoms with van der Waals surface area (Å²) in [5.74, 6) is 0. The van der Waals surface area contributed by atoms with E-state index in [0.717, 1.165) is 11.4 Å². The molecule has 0 aliphatic heterocycles. The van der Waals surface area contributed by atoms with Crippen molar-refractivity contribution in [3.05, 3.63) is 23.5 Å². The van der Waals surface area contributed by atoms with Crippen molar-refractivity contribution >= 4 is 5.69 Å². The molecule has 0 aromatic carbocycles. The molecule has 0 spiro atoms. The van der Waals surface area contributed by atoms with Crippen molar-refractivity contribution in [3.8, 4) is 0 Å². The van der Waals surface area contributed by atoms with Crippen LogP contribution in [0.25, 0.3) is 0 Å². The molecule has 0 amide bonds. The van der Waals surface area contributed by atoms with Gasteiger partial charge in [0, 0.05) is 11.7 Å². The molecule has 1 fully saturated rings. The molecule has 1 aliphatic rings. The maximum absolute atomic E-state index is 4.52. The number of hydrogen-bond donors (Lipinski definition) is 1. The number of aromatic nitrogens is 1. The Bertz CT molecular complexity index is 396. The molecule has 2 nitrogen and oxygen atoms in total. The molecule has 0 bridgehead atoms. The van der Waals surface area contributed by atoms with Crippen LogP contribution in [0.5, 0.6) is 0 Å². The fourth-order valence-corrected chi connectivity index (χ4v) is 2.79. The quantitative estimate of drug-likeness (QED) is 0.831. The third-order valence-electron chi connectivity index (χ3n) is 4.06. The van der Waals surface area contributed by atoms with Crippen LogP contribution in [0.2, 0.25) is 0 Å². The maximum Gasteiger partial charge on any atom is 0.0606 e. The number of nitrogens with one attached hydrogen (secondary N) is 1. The summed E-state index contributed by atoms with van der Waals surface area (Å²) < 4.78 is 0. The Morgan fingerprint density at radius 1 is 1.24 bits per heavy atom. The lowest BCUT2D eigenvalue weighted by molar-refractivity contribution is 0.217. The minimum atomic E-state index is 0.398. The van der Waals surface area contributed by atoms with Gasteiger partial charge in [0.05, 0.1) is 11.4 Å². The number of rotatable bonds is 2. The van der Waals surface area contributed by atoms with Crippen LogP contribution in [0.4, 0.5) is 5.69 Å². The van der Waals surface area contributed by atoms with Gasteiger partial charge in [0.25, 0.3) is 0 Å². The van der Waals surface area contributed by atoms with Gasteiger partial charge >= 0.3 is 0 Å². The molecule has 1 saturated carbocycles. The molecule has 2 rings (SSSR count). The molecule has 0 saturated heterocycles. The van der Waals surface area contributed by atoms with E-state index in [-0.39, 0.29) is 0 Å². The van der Waals surface area contributed by atoms with E-state index in [1.807, 2.05) is 6.92 Å². The normalized spacial score (nSPS) is 23.4. The standard InChI is InChI=1S/C15H24N2/c1-11-8-9-13(12(2)16-11)17-14-7-5-6-10-15(14,3)4/h8-9,14,17H,5-7,10H2,1-4H3. The largest absolute Gasteiger partial charge is 0.380 e. The number of nitrogens with zero attached hydrogens (tertiary/aromatic N) is 1. The van der Waals surface area contributed by atoms with Gasteiger partial charge in [0.1, 0.15) is 0 Å². The summed E-state index contributed by atoms with van der Waals surface area (Å²) in [6.07, 6.45) is 5.32. The molecule has 1 N–H and O–H groups in total. The highest BCUT2D eigenvalue weighted by Crippen LogP contribution is 2.37. The first kappa shape index (κ1) is 12.4. The number of anilines is 1. The summed E-state index contributed by atoms with van der Waals surface area (Å²) in [6.45, 7) is 8.88. The fourth-order valence-electron chi connectivity index (χ4n) is 2.79. The van der Waals surface area contributed by atoms with Crippen molar-refractivity contribution in [3.63, 3.8) is 0 Å². The molecule has 1 unspecified atom stereocenters. The van der Waals surface area contributed by atoms with Gasteiger partial charge in [-0.2, -0.15) is 0 Å². The van der Waals surface area contributed by atoms with Gasteiger partial charge in [-0.15, -0.1) is 0 Å². The highest BCUT2D eigenvalue weighted by Gasteiger charge is 2.32. The zero-order valence-corrected chi connectivity index (χ0v) is 11.5. The second-order valence-electron chi connectivity index (χ2n) is 6.02. The first-order valence-corrected chi connectivity index (χ1v) is 6.70. The molecule has 1 heterocycles. The first-order valence-electron chi connectivity index (χ1n) is 6.70. The zero-order valence-electron chi connectivity index (χ0n) is 11.5. The molecule has 17 heavy (non-hydrogen) atoms. The minimum absolute atomic E-state index is 0.398. The smallest absolute Gasteiger partial charge is 0.0606 e. The zero-order chi connectivity index (χ0) is 12.5. The van der Waals surface area contributed by atoms with Crippen LogP contribution in [0.3, 0.4) is 0 Å². The summed E-state index contributed by atoms with van der Waals surface area (Å²) in [7, 11) is 0.